The Bertz CT molecular complexity index is 599. The highest BCUT2D eigenvalue weighted by molar-refractivity contribution is 7.89. The van der Waals surface area contributed by atoms with E-state index in [0.29, 0.717) is 12.8 Å². The molecule has 1 aliphatic carbocycles. The summed E-state index contributed by atoms with van der Waals surface area (Å²) in [6.07, 6.45) is 1.89. The van der Waals surface area contributed by atoms with Crippen molar-refractivity contribution in [1.29, 1.82) is 0 Å². The smallest absolute Gasteiger partial charge is 0.294 e. The molecule has 0 radical (unpaired) electrons. The molecule has 21 heavy (non-hydrogen) atoms. The molecule has 1 aromatic rings. The molecular formula is C13H18N2O5S. The number of nitrogens with zero attached hydrogens (tertiary/aromatic N) is 1. The lowest BCUT2D eigenvalue weighted by Gasteiger charge is -2.30. The van der Waals surface area contributed by atoms with Crippen molar-refractivity contribution in [1.82, 2.24) is 4.72 Å². The first-order valence-electron chi connectivity index (χ1n) is 6.78. The van der Waals surface area contributed by atoms with Crippen LogP contribution in [-0.2, 0) is 14.9 Å². The lowest BCUT2D eigenvalue weighted by atomic mass is 9.93. The Morgan fingerprint density at radius 1 is 1.24 bits per heavy atom. The van der Waals surface area contributed by atoms with Crippen molar-refractivity contribution in [2.45, 2.75) is 49.6 Å². The standard InChI is InChI=1S/C13H18N2O5S/c1-10-6-8-11(9-7-10)21(18,19)14-12-4-2-3-5-13(12)20-15(16)17/h6-9,12-14H,2-5H2,1H3/t12-,13-/m0/s1. The lowest BCUT2D eigenvalue weighted by Crippen LogP contribution is -2.46. The maximum atomic E-state index is 12.3. The van der Waals surface area contributed by atoms with Crippen LogP contribution in [0.3, 0.4) is 0 Å². The summed E-state index contributed by atoms with van der Waals surface area (Å²) >= 11 is 0. The Kier molecular flexibility index (Phi) is 4.79. The monoisotopic (exact) mass is 314 g/mol. The van der Waals surface area contributed by atoms with Gasteiger partial charge in [-0.1, -0.05) is 30.5 Å². The van der Waals surface area contributed by atoms with E-state index in [1.165, 1.54) is 12.1 Å². The predicted octanol–water partition coefficient (Wildman–Crippen LogP) is 1.79. The third-order valence-electron chi connectivity index (χ3n) is 3.56. The van der Waals surface area contributed by atoms with Crippen LogP contribution in [0.2, 0.25) is 0 Å². The molecule has 1 saturated carbocycles. The van der Waals surface area contributed by atoms with Gasteiger partial charge in [0.05, 0.1) is 4.90 Å². The van der Waals surface area contributed by atoms with Crippen molar-refractivity contribution in [3.05, 3.63) is 39.9 Å². The fourth-order valence-corrected chi connectivity index (χ4v) is 3.75. The van der Waals surface area contributed by atoms with Gasteiger partial charge in [0.1, 0.15) is 6.10 Å². The Morgan fingerprint density at radius 3 is 2.48 bits per heavy atom. The summed E-state index contributed by atoms with van der Waals surface area (Å²) in [5, 5.41) is 9.63. The second-order valence-electron chi connectivity index (χ2n) is 5.19. The molecule has 2 atom stereocenters. The van der Waals surface area contributed by atoms with Crippen molar-refractivity contribution in [2.24, 2.45) is 0 Å². The maximum absolute atomic E-state index is 12.3. The van der Waals surface area contributed by atoms with E-state index in [9.17, 15) is 18.5 Å². The summed E-state index contributed by atoms with van der Waals surface area (Å²) < 4.78 is 27.1. The van der Waals surface area contributed by atoms with Crippen molar-refractivity contribution in [3.8, 4) is 0 Å². The molecule has 0 heterocycles. The van der Waals surface area contributed by atoms with E-state index in [4.69, 9.17) is 0 Å². The first-order chi connectivity index (χ1) is 9.88. The largest absolute Gasteiger partial charge is 0.309 e. The van der Waals surface area contributed by atoms with Crippen LogP contribution in [0, 0.1) is 17.0 Å². The SMILES string of the molecule is Cc1ccc(S(=O)(=O)N[C@H]2CCCC[C@@H]2O[N+](=O)[O-])cc1. The number of sulfonamides is 1. The van der Waals surface area contributed by atoms with Crippen LogP contribution < -0.4 is 4.72 Å². The van der Waals surface area contributed by atoms with E-state index in [1.807, 2.05) is 6.92 Å². The van der Waals surface area contributed by atoms with E-state index in [2.05, 4.69) is 9.56 Å². The molecule has 1 fully saturated rings. The molecule has 2 rings (SSSR count). The van der Waals surface area contributed by atoms with E-state index in [-0.39, 0.29) is 4.90 Å². The average Bonchev–Trinajstić information content (AvgIpc) is 2.40. The topological polar surface area (TPSA) is 98.5 Å². The Balaban J connectivity index is 2.13. The van der Waals surface area contributed by atoms with Crippen LogP contribution >= 0.6 is 0 Å². The zero-order valence-corrected chi connectivity index (χ0v) is 12.5. The fourth-order valence-electron chi connectivity index (χ4n) is 2.45. The third kappa shape index (κ3) is 4.15. The lowest BCUT2D eigenvalue weighted by molar-refractivity contribution is -0.769. The van der Waals surface area contributed by atoms with Crippen LogP contribution in [0.1, 0.15) is 31.2 Å². The molecule has 116 valence electrons. The summed E-state index contributed by atoms with van der Waals surface area (Å²) in [7, 11) is -3.70. The molecule has 0 amide bonds. The summed E-state index contributed by atoms with van der Waals surface area (Å²) in [6.45, 7) is 1.87. The van der Waals surface area contributed by atoms with Gasteiger partial charge in [0, 0.05) is 6.04 Å². The average molecular weight is 314 g/mol. The van der Waals surface area contributed by atoms with Gasteiger partial charge in [-0.25, -0.2) is 13.1 Å². The van der Waals surface area contributed by atoms with Crippen molar-refractivity contribution < 1.29 is 18.3 Å². The molecule has 0 spiro atoms. The second kappa shape index (κ2) is 6.40. The number of rotatable bonds is 5. The normalized spacial score (nSPS) is 22.7. The zero-order chi connectivity index (χ0) is 15.5. The fraction of sp³-hybridized carbons (Fsp3) is 0.538. The van der Waals surface area contributed by atoms with Gasteiger partial charge < -0.3 is 4.84 Å². The van der Waals surface area contributed by atoms with Gasteiger partial charge in [0.15, 0.2) is 0 Å². The zero-order valence-electron chi connectivity index (χ0n) is 11.7. The minimum atomic E-state index is -3.70. The summed E-state index contributed by atoms with van der Waals surface area (Å²) in [6, 6.07) is 5.88. The van der Waals surface area contributed by atoms with Gasteiger partial charge in [-0.3, -0.25) is 0 Å². The Labute approximate surface area is 123 Å². The quantitative estimate of drug-likeness (QED) is 0.660. The minimum Gasteiger partial charge on any atom is -0.309 e. The van der Waals surface area contributed by atoms with E-state index < -0.39 is 27.3 Å². The molecule has 1 aromatic carbocycles. The molecule has 1 aliphatic rings. The van der Waals surface area contributed by atoms with Crippen LogP contribution in [0.5, 0.6) is 0 Å². The molecule has 0 aliphatic heterocycles. The van der Waals surface area contributed by atoms with Crippen molar-refractivity contribution >= 4 is 10.0 Å². The highest BCUT2D eigenvalue weighted by Gasteiger charge is 2.31. The number of benzene rings is 1. The van der Waals surface area contributed by atoms with E-state index in [0.717, 1.165) is 18.4 Å². The van der Waals surface area contributed by atoms with Crippen LogP contribution in [0.25, 0.3) is 0 Å². The van der Waals surface area contributed by atoms with Gasteiger partial charge in [0.2, 0.25) is 10.0 Å². The van der Waals surface area contributed by atoms with Crippen LogP contribution in [0.15, 0.2) is 29.2 Å². The molecule has 0 bridgehead atoms. The highest BCUT2D eigenvalue weighted by atomic mass is 32.2. The molecule has 0 aromatic heterocycles. The van der Waals surface area contributed by atoms with Gasteiger partial charge in [-0.2, -0.15) is 0 Å². The molecule has 0 saturated heterocycles. The Morgan fingerprint density at radius 2 is 1.86 bits per heavy atom. The van der Waals surface area contributed by atoms with Crippen LogP contribution in [-0.4, -0.2) is 25.7 Å². The summed E-state index contributed by atoms with van der Waals surface area (Å²) in [4.78, 5) is 15.2. The number of hydrogen-bond donors (Lipinski definition) is 1. The Hall–Kier alpha value is -1.67. The van der Waals surface area contributed by atoms with Gasteiger partial charge in [0.25, 0.3) is 5.09 Å². The first kappa shape index (κ1) is 15.7. The predicted molar refractivity (Wildman–Crippen MR) is 75.6 cm³/mol. The highest BCUT2D eigenvalue weighted by Crippen LogP contribution is 2.23. The minimum absolute atomic E-state index is 0.151. The van der Waals surface area contributed by atoms with Gasteiger partial charge >= 0.3 is 0 Å². The molecule has 1 N–H and O–H groups in total. The first-order valence-corrected chi connectivity index (χ1v) is 8.27. The molecule has 0 unspecified atom stereocenters. The van der Waals surface area contributed by atoms with Gasteiger partial charge in [-0.15, -0.1) is 10.1 Å². The number of hydrogen-bond acceptors (Lipinski definition) is 5. The van der Waals surface area contributed by atoms with Crippen molar-refractivity contribution in [3.63, 3.8) is 0 Å². The second-order valence-corrected chi connectivity index (χ2v) is 6.91. The molecular weight excluding hydrogens is 296 g/mol. The van der Waals surface area contributed by atoms with E-state index in [1.54, 1.807) is 12.1 Å². The van der Waals surface area contributed by atoms with Crippen LogP contribution in [0.4, 0.5) is 0 Å². The van der Waals surface area contributed by atoms with Crippen molar-refractivity contribution in [2.75, 3.05) is 0 Å². The number of aryl methyl sites for hydroxylation is 1. The van der Waals surface area contributed by atoms with E-state index >= 15 is 0 Å². The van der Waals surface area contributed by atoms with Gasteiger partial charge in [-0.05, 0) is 31.9 Å². The third-order valence-corrected chi connectivity index (χ3v) is 5.07. The summed E-state index contributed by atoms with van der Waals surface area (Å²) in [5.41, 5.74) is 0.959. The molecule has 7 nitrogen and oxygen atoms in total. The molecule has 8 heteroatoms. The number of nitrogens with one attached hydrogen (secondary N) is 1. The summed E-state index contributed by atoms with van der Waals surface area (Å²) in [5.74, 6) is 0. The maximum Gasteiger partial charge on any atom is 0.294 e.